The molecule has 3 heterocycles. The Morgan fingerprint density at radius 1 is 1.43 bits per heavy atom. The van der Waals surface area contributed by atoms with Gasteiger partial charge in [-0.2, -0.15) is 11.8 Å². The maximum absolute atomic E-state index is 6.16. The van der Waals surface area contributed by atoms with Crippen LogP contribution in [-0.2, 0) is 4.74 Å². The van der Waals surface area contributed by atoms with Crippen LogP contribution in [0.1, 0.15) is 6.42 Å². The van der Waals surface area contributed by atoms with Crippen molar-refractivity contribution >= 4 is 35.0 Å². The first-order valence-electron chi connectivity index (χ1n) is 7.12. The molecule has 2 saturated heterocycles. The van der Waals surface area contributed by atoms with E-state index < -0.39 is 0 Å². The highest BCUT2D eigenvalue weighted by molar-refractivity contribution is 7.99. The molecule has 1 atom stereocenters. The largest absolute Gasteiger partial charge is 0.382 e. The third kappa shape index (κ3) is 3.21. The van der Waals surface area contributed by atoms with E-state index in [1.54, 1.807) is 0 Å². The molecule has 8 heteroatoms. The number of hydrogen-bond donors (Lipinski definition) is 2. The van der Waals surface area contributed by atoms with E-state index in [4.69, 9.17) is 22.1 Å². The summed E-state index contributed by atoms with van der Waals surface area (Å²) in [6.07, 6.45) is 2.61. The predicted molar refractivity (Wildman–Crippen MR) is 87.0 cm³/mol. The second-order valence-corrected chi connectivity index (χ2v) is 6.88. The number of thioether (sulfide) groups is 1. The summed E-state index contributed by atoms with van der Waals surface area (Å²) in [7, 11) is 0. The fourth-order valence-electron chi connectivity index (χ4n) is 2.89. The van der Waals surface area contributed by atoms with E-state index in [-0.39, 0.29) is 5.54 Å². The van der Waals surface area contributed by atoms with Crippen molar-refractivity contribution in [3.63, 3.8) is 0 Å². The highest BCUT2D eigenvalue weighted by atomic mass is 35.5. The van der Waals surface area contributed by atoms with Gasteiger partial charge in [0, 0.05) is 30.9 Å². The Bertz CT molecular complexity index is 491. The van der Waals surface area contributed by atoms with Crippen LogP contribution in [-0.4, -0.2) is 64.8 Å². The van der Waals surface area contributed by atoms with E-state index >= 15 is 0 Å². The zero-order valence-corrected chi connectivity index (χ0v) is 13.4. The van der Waals surface area contributed by atoms with Gasteiger partial charge in [0.25, 0.3) is 0 Å². The van der Waals surface area contributed by atoms with Crippen LogP contribution >= 0.6 is 23.4 Å². The number of anilines is 2. The molecule has 21 heavy (non-hydrogen) atoms. The van der Waals surface area contributed by atoms with Crippen LogP contribution in [0, 0.1) is 0 Å². The molecule has 0 bridgehead atoms. The van der Waals surface area contributed by atoms with Crippen LogP contribution in [0.5, 0.6) is 0 Å². The topological polar surface area (TPSA) is 76.3 Å². The Labute approximate surface area is 133 Å². The summed E-state index contributed by atoms with van der Waals surface area (Å²) >= 11 is 8.16. The summed E-state index contributed by atoms with van der Waals surface area (Å²) in [6.45, 7) is 4.42. The molecule has 2 aliphatic heterocycles. The first-order chi connectivity index (χ1) is 10.2. The number of nitrogen functional groups attached to an aromatic ring is 1. The van der Waals surface area contributed by atoms with Crippen LogP contribution < -0.4 is 11.1 Å². The molecule has 2 fully saturated rings. The van der Waals surface area contributed by atoms with Crippen molar-refractivity contribution in [2.45, 2.75) is 12.0 Å². The number of halogens is 1. The molecule has 3 N–H and O–H groups in total. The molecule has 0 aromatic carbocycles. The molecule has 2 aliphatic rings. The molecule has 0 aliphatic carbocycles. The molecule has 3 rings (SSSR count). The summed E-state index contributed by atoms with van der Waals surface area (Å²) < 4.78 is 5.47. The quantitative estimate of drug-likeness (QED) is 0.863. The van der Waals surface area contributed by atoms with Crippen molar-refractivity contribution in [2.75, 3.05) is 55.4 Å². The monoisotopic (exact) mass is 329 g/mol. The Morgan fingerprint density at radius 3 is 2.95 bits per heavy atom. The zero-order valence-electron chi connectivity index (χ0n) is 11.8. The average molecular weight is 330 g/mol. The van der Waals surface area contributed by atoms with E-state index in [2.05, 4.69) is 20.2 Å². The normalized spacial score (nSPS) is 26.9. The summed E-state index contributed by atoms with van der Waals surface area (Å²) in [4.78, 5) is 10.6. The van der Waals surface area contributed by atoms with E-state index in [0.717, 1.165) is 38.6 Å². The number of morpholine rings is 1. The Balaban J connectivity index is 1.72. The second-order valence-electron chi connectivity index (χ2n) is 5.40. The van der Waals surface area contributed by atoms with Gasteiger partial charge in [-0.3, -0.25) is 4.90 Å². The lowest BCUT2D eigenvalue weighted by Gasteiger charge is -2.43. The van der Waals surface area contributed by atoms with Gasteiger partial charge in [0.05, 0.1) is 13.2 Å². The Kier molecular flexibility index (Phi) is 4.73. The number of rotatable bonds is 4. The van der Waals surface area contributed by atoms with Crippen molar-refractivity contribution in [1.29, 1.82) is 0 Å². The highest BCUT2D eigenvalue weighted by Gasteiger charge is 2.40. The van der Waals surface area contributed by atoms with Gasteiger partial charge in [-0.05, 0) is 12.2 Å². The van der Waals surface area contributed by atoms with Crippen LogP contribution in [0.15, 0.2) is 6.33 Å². The zero-order chi connectivity index (χ0) is 14.7. The number of aromatic nitrogens is 2. The second kappa shape index (κ2) is 6.56. The Hall–Kier alpha value is -0.760. The smallest absolute Gasteiger partial charge is 0.150 e. The first kappa shape index (κ1) is 15.1. The van der Waals surface area contributed by atoms with Crippen LogP contribution in [0.25, 0.3) is 0 Å². The molecule has 1 aromatic heterocycles. The fourth-order valence-corrected chi connectivity index (χ4v) is 4.53. The van der Waals surface area contributed by atoms with Gasteiger partial charge in [-0.1, -0.05) is 11.6 Å². The van der Waals surface area contributed by atoms with Crippen LogP contribution in [0.4, 0.5) is 11.6 Å². The number of ether oxygens (including phenoxy) is 1. The minimum Gasteiger partial charge on any atom is -0.382 e. The molecular formula is C13H20ClN5OS. The molecule has 0 amide bonds. The van der Waals surface area contributed by atoms with Gasteiger partial charge >= 0.3 is 0 Å². The highest BCUT2D eigenvalue weighted by Crippen LogP contribution is 2.35. The lowest BCUT2D eigenvalue weighted by Crippen LogP contribution is -2.57. The molecular weight excluding hydrogens is 310 g/mol. The third-order valence-electron chi connectivity index (χ3n) is 4.17. The minimum atomic E-state index is 0.150. The maximum Gasteiger partial charge on any atom is 0.150 e. The van der Waals surface area contributed by atoms with Crippen molar-refractivity contribution in [3.8, 4) is 0 Å². The van der Waals surface area contributed by atoms with E-state index in [1.807, 2.05) is 11.8 Å². The molecule has 1 unspecified atom stereocenters. The molecule has 1 aromatic rings. The molecule has 0 saturated carbocycles. The first-order valence-corrected chi connectivity index (χ1v) is 8.65. The summed E-state index contributed by atoms with van der Waals surface area (Å²) in [5, 5.41) is 3.78. The third-order valence-corrected chi connectivity index (χ3v) is 5.77. The predicted octanol–water partition coefficient (Wildman–Crippen LogP) is 1.33. The Morgan fingerprint density at radius 2 is 2.24 bits per heavy atom. The van der Waals surface area contributed by atoms with Gasteiger partial charge < -0.3 is 15.8 Å². The summed E-state index contributed by atoms with van der Waals surface area (Å²) in [5.41, 5.74) is 5.88. The van der Waals surface area contributed by atoms with E-state index in [1.165, 1.54) is 18.5 Å². The molecule has 0 spiro atoms. The van der Waals surface area contributed by atoms with Crippen molar-refractivity contribution < 1.29 is 4.74 Å². The van der Waals surface area contributed by atoms with E-state index in [9.17, 15) is 0 Å². The number of nitrogens with two attached hydrogens (primary N) is 1. The minimum absolute atomic E-state index is 0.150. The standard InChI is InChI=1S/C13H20ClN5OS/c14-10-11(15)17-9-18-12(10)16-7-13(1-6-21-8-13)19-2-4-20-5-3-19/h9H,1-8H2,(H3,15,16,17,18). The number of nitrogens with zero attached hydrogens (tertiary/aromatic N) is 3. The van der Waals surface area contributed by atoms with Crippen LogP contribution in [0.2, 0.25) is 5.02 Å². The average Bonchev–Trinajstić information content (AvgIpc) is 3.00. The van der Waals surface area contributed by atoms with Gasteiger partial charge in [0.15, 0.2) is 5.82 Å². The molecule has 0 radical (unpaired) electrons. The lowest BCUT2D eigenvalue weighted by molar-refractivity contribution is -0.00922. The summed E-state index contributed by atoms with van der Waals surface area (Å²) in [5.74, 6) is 3.25. The van der Waals surface area contributed by atoms with Crippen molar-refractivity contribution in [1.82, 2.24) is 14.9 Å². The number of nitrogens with one attached hydrogen (secondary N) is 1. The van der Waals surface area contributed by atoms with Crippen molar-refractivity contribution in [3.05, 3.63) is 11.3 Å². The van der Waals surface area contributed by atoms with Gasteiger partial charge in [-0.15, -0.1) is 0 Å². The van der Waals surface area contributed by atoms with Gasteiger partial charge in [0.1, 0.15) is 17.2 Å². The summed E-state index contributed by atoms with van der Waals surface area (Å²) in [6, 6.07) is 0. The molecule has 116 valence electrons. The van der Waals surface area contributed by atoms with E-state index in [0.29, 0.717) is 16.7 Å². The number of hydrogen-bond acceptors (Lipinski definition) is 7. The maximum atomic E-state index is 6.16. The van der Waals surface area contributed by atoms with Gasteiger partial charge in [-0.25, -0.2) is 9.97 Å². The lowest BCUT2D eigenvalue weighted by atomic mass is 9.95. The van der Waals surface area contributed by atoms with Crippen molar-refractivity contribution in [2.24, 2.45) is 0 Å². The fraction of sp³-hybridized carbons (Fsp3) is 0.692. The van der Waals surface area contributed by atoms with Crippen LogP contribution in [0.3, 0.4) is 0 Å². The SMILES string of the molecule is Nc1ncnc(NCC2(N3CCOCC3)CCSC2)c1Cl. The van der Waals surface area contributed by atoms with Gasteiger partial charge in [0.2, 0.25) is 0 Å². The molecule has 6 nitrogen and oxygen atoms in total.